The molecule has 0 radical (unpaired) electrons. The Morgan fingerprint density at radius 2 is 1.96 bits per heavy atom. The van der Waals surface area contributed by atoms with Crippen molar-refractivity contribution in [2.45, 2.75) is 11.4 Å². The second kappa shape index (κ2) is 7.49. The van der Waals surface area contributed by atoms with Gasteiger partial charge in [0.2, 0.25) is 10.0 Å². The highest BCUT2D eigenvalue weighted by Crippen LogP contribution is 2.24. The van der Waals surface area contributed by atoms with Gasteiger partial charge in [-0.1, -0.05) is 35.1 Å². The van der Waals surface area contributed by atoms with E-state index in [1.807, 2.05) is 0 Å². The first-order valence-electron chi connectivity index (χ1n) is 7.05. The van der Waals surface area contributed by atoms with Crippen molar-refractivity contribution in [3.63, 3.8) is 0 Å². The Balaban J connectivity index is 1.65. The molecule has 5 nitrogen and oxygen atoms in total. The van der Waals surface area contributed by atoms with Gasteiger partial charge in [-0.2, -0.15) is 0 Å². The molecule has 0 aliphatic rings. The van der Waals surface area contributed by atoms with Crippen LogP contribution in [0.15, 0.2) is 58.9 Å². The van der Waals surface area contributed by atoms with E-state index in [0.717, 1.165) is 23.8 Å². The molecule has 0 unspecified atom stereocenters. The zero-order valence-electron chi connectivity index (χ0n) is 12.6. The van der Waals surface area contributed by atoms with E-state index < -0.39 is 15.8 Å². The third kappa shape index (κ3) is 4.55. The van der Waals surface area contributed by atoms with Crippen LogP contribution >= 0.6 is 22.9 Å². The highest BCUT2D eigenvalue weighted by atomic mass is 35.5. The molecule has 130 valence electrons. The summed E-state index contributed by atoms with van der Waals surface area (Å²) in [4.78, 5) is 3.92. The predicted molar refractivity (Wildman–Crippen MR) is 94.1 cm³/mol. The van der Waals surface area contributed by atoms with Crippen LogP contribution in [0.1, 0.15) is 5.56 Å². The Kier molecular flexibility index (Phi) is 5.33. The van der Waals surface area contributed by atoms with Crippen LogP contribution < -0.4 is 9.46 Å². The zero-order valence-corrected chi connectivity index (χ0v) is 15.0. The lowest BCUT2D eigenvalue weighted by molar-refractivity contribution is 0.478. The summed E-state index contributed by atoms with van der Waals surface area (Å²) in [5.74, 6) is -0.0664. The molecule has 1 N–H and O–H groups in total. The largest absolute Gasteiger partial charge is 0.431 e. The van der Waals surface area contributed by atoms with Crippen molar-refractivity contribution < 1.29 is 17.5 Å². The fourth-order valence-corrected chi connectivity index (χ4v) is 3.74. The summed E-state index contributed by atoms with van der Waals surface area (Å²) in [5, 5.41) is 2.09. The van der Waals surface area contributed by atoms with Crippen molar-refractivity contribution >= 4 is 33.0 Å². The molecule has 25 heavy (non-hydrogen) atoms. The van der Waals surface area contributed by atoms with Crippen LogP contribution in [-0.2, 0) is 16.6 Å². The van der Waals surface area contributed by atoms with E-state index >= 15 is 0 Å². The minimum atomic E-state index is -3.79. The average Bonchev–Trinajstić information content (AvgIpc) is 3.10. The second-order valence-corrected chi connectivity index (χ2v) is 7.98. The molecule has 1 heterocycles. The SMILES string of the molecule is O=S(=O)(NCc1ccc(Oc2nccs2)cc1)c1ccc(F)c(Cl)c1. The van der Waals surface area contributed by atoms with Crippen molar-refractivity contribution in [2.75, 3.05) is 0 Å². The molecular weight excluding hydrogens is 387 g/mol. The Hall–Kier alpha value is -2.00. The number of nitrogens with zero attached hydrogens (tertiary/aromatic N) is 1. The van der Waals surface area contributed by atoms with E-state index in [0.29, 0.717) is 10.9 Å². The first-order chi connectivity index (χ1) is 11.9. The fourth-order valence-electron chi connectivity index (χ4n) is 1.94. The highest BCUT2D eigenvalue weighted by molar-refractivity contribution is 7.89. The van der Waals surface area contributed by atoms with Crippen molar-refractivity contribution in [3.05, 3.63) is 70.4 Å². The van der Waals surface area contributed by atoms with E-state index in [9.17, 15) is 12.8 Å². The zero-order chi connectivity index (χ0) is 17.9. The monoisotopic (exact) mass is 398 g/mol. The molecule has 0 aliphatic carbocycles. The van der Waals surface area contributed by atoms with Gasteiger partial charge in [-0.3, -0.25) is 0 Å². The summed E-state index contributed by atoms with van der Waals surface area (Å²) < 4.78 is 45.6. The van der Waals surface area contributed by atoms with E-state index in [1.54, 1.807) is 35.8 Å². The van der Waals surface area contributed by atoms with Gasteiger partial charge in [-0.15, -0.1) is 0 Å². The summed E-state index contributed by atoms with van der Waals surface area (Å²) in [7, 11) is -3.79. The topological polar surface area (TPSA) is 68.3 Å². The van der Waals surface area contributed by atoms with Gasteiger partial charge in [0.05, 0.1) is 9.92 Å². The molecule has 0 atom stereocenters. The lowest BCUT2D eigenvalue weighted by Gasteiger charge is -2.08. The molecular formula is C16H12ClFN2O3S2. The van der Waals surface area contributed by atoms with Gasteiger partial charge >= 0.3 is 0 Å². The van der Waals surface area contributed by atoms with Crippen LogP contribution in [0.4, 0.5) is 4.39 Å². The third-order valence-electron chi connectivity index (χ3n) is 3.21. The van der Waals surface area contributed by atoms with E-state index in [2.05, 4.69) is 9.71 Å². The molecule has 0 amide bonds. The number of sulfonamides is 1. The fraction of sp³-hybridized carbons (Fsp3) is 0.0625. The molecule has 0 fully saturated rings. The molecule has 0 saturated heterocycles. The van der Waals surface area contributed by atoms with Gasteiger partial charge < -0.3 is 4.74 Å². The first-order valence-corrected chi connectivity index (χ1v) is 9.79. The molecule has 3 rings (SSSR count). The Morgan fingerprint density at radius 3 is 2.60 bits per heavy atom. The Bertz CT molecular complexity index is 962. The first kappa shape index (κ1) is 17.8. The number of nitrogens with one attached hydrogen (secondary N) is 1. The van der Waals surface area contributed by atoms with E-state index in [-0.39, 0.29) is 16.5 Å². The van der Waals surface area contributed by atoms with Crippen molar-refractivity contribution in [2.24, 2.45) is 0 Å². The summed E-state index contributed by atoms with van der Waals surface area (Å²) in [6.45, 7) is 0.0782. The van der Waals surface area contributed by atoms with Gasteiger partial charge in [0, 0.05) is 18.1 Å². The molecule has 0 saturated carbocycles. The number of thiazole rings is 1. The number of benzene rings is 2. The smallest absolute Gasteiger partial charge is 0.278 e. The van der Waals surface area contributed by atoms with E-state index in [4.69, 9.17) is 16.3 Å². The van der Waals surface area contributed by atoms with Crippen molar-refractivity contribution in [3.8, 4) is 10.9 Å². The number of aromatic nitrogens is 1. The second-order valence-electron chi connectivity index (χ2n) is 4.94. The van der Waals surface area contributed by atoms with Gasteiger partial charge in [-0.25, -0.2) is 22.5 Å². The summed E-state index contributed by atoms with van der Waals surface area (Å²) in [5.41, 5.74) is 0.739. The number of rotatable bonds is 6. The Labute approximate surface area is 153 Å². The van der Waals surface area contributed by atoms with E-state index in [1.165, 1.54) is 11.3 Å². The summed E-state index contributed by atoms with van der Waals surface area (Å²) in [6.07, 6.45) is 1.64. The number of hydrogen-bond acceptors (Lipinski definition) is 5. The van der Waals surface area contributed by atoms with Gasteiger partial charge in [0.25, 0.3) is 5.19 Å². The minimum Gasteiger partial charge on any atom is -0.431 e. The number of ether oxygens (including phenoxy) is 1. The highest BCUT2D eigenvalue weighted by Gasteiger charge is 2.15. The van der Waals surface area contributed by atoms with Gasteiger partial charge in [0.15, 0.2) is 0 Å². The minimum absolute atomic E-state index is 0.0782. The molecule has 0 bridgehead atoms. The maximum atomic E-state index is 13.1. The standard InChI is InChI=1S/C16H12ClFN2O3S2/c17-14-9-13(5-6-15(14)18)25(21,22)20-10-11-1-3-12(4-2-11)23-16-19-7-8-24-16/h1-9,20H,10H2. The molecule has 0 spiro atoms. The number of hydrogen-bond donors (Lipinski definition) is 1. The third-order valence-corrected chi connectivity index (χ3v) is 5.54. The van der Waals surface area contributed by atoms with Crippen LogP contribution in [-0.4, -0.2) is 13.4 Å². The van der Waals surface area contributed by atoms with Gasteiger partial charge in [-0.05, 0) is 35.9 Å². The maximum Gasteiger partial charge on any atom is 0.278 e. The molecule has 2 aromatic carbocycles. The average molecular weight is 399 g/mol. The van der Waals surface area contributed by atoms with Crippen LogP contribution in [0.25, 0.3) is 0 Å². The lowest BCUT2D eigenvalue weighted by atomic mass is 10.2. The number of halogens is 2. The summed E-state index contributed by atoms with van der Waals surface area (Å²) in [6, 6.07) is 10.2. The van der Waals surface area contributed by atoms with Gasteiger partial charge in [0.1, 0.15) is 11.6 Å². The van der Waals surface area contributed by atoms with Crippen molar-refractivity contribution in [1.29, 1.82) is 0 Å². The van der Waals surface area contributed by atoms with Crippen LogP contribution in [0.3, 0.4) is 0 Å². The Morgan fingerprint density at radius 1 is 1.20 bits per heavy atom. The molecule has 1 aromatic heterocycles. The lowest BCUT2D eigenvalue weighted by Crippen LogP contribution is -2.23. The molecule has 9 heteroatoms. The van der Waals surface area contributed by atoms with Crippen LogP contribution in [0, 0.1) is 5.82 Å². The summed E-state index contributed by atoms with van der Waals surface area (Å²) >= 11 is 7.00. The molecule has 3 aromatic rings. The maximum absolute atomic E-state index is 13.1. The van der Waals surface area contributed by atoms with Crippen LogP contribution in [0.2, 0.25) is 5.02 Å². The molecule has 0 aliphatic heterocycles. The van der Waals surface area contributed by atoms with Crippen LogP contribution in [0.5, 0.6) is 10.9 Å². The van der Waals surface area contributed by atoms with Crippen molar-refractivity contribution in [1.82, 2.24) is 9.71 Å². The predicted octanol–water partition coefficient (Wildman–Crippen LogP) is 4.21. The quantitative estimate of drug-likeness (QED) is 0.675. The normalized spacial score (nSPS) is 11.4.